The fraction of sp³-hybridized carbons (Fsp3) is 0.250. The topological polar surface area (TPSA) is 0 Å². The molecule has 0 saturated heterocycles. The molecule has 1 unspecified atom stereocenters. The summed E-state index contributed by atoms with van der Waals surface area (Å²) in [5.74, 6) is -4.11. The van der Waals surface area contributed by atoms with Crippen LogP contribution in [0.5, 0.6) is 0 Å². The summed E-state index contributed by atoms with van der Waals surface area (Å²) in [6.07, 6.45) is 1.25. The molecule has 2 aromatic carbocycles. The summed E-state index contributed by atoms with van der Waals surface area (Å²) in [4.78, 5) is 0. The van der Waals surface area contributed by atoms with Gasteiger partial charge in [-0.2, -0.15) is 13.2 Å². The van der Waals surface area contributed by atoms with Gasteiger partial charge in [0.1, 0.15) is 0 Å². The van der Waals surface area contributed by atoms with Gasteiger partial charge in [-0.3, -0.25) is 0 Å². The van der Waals surface area contributed by atoms with Gasteiger partial charge in [0, 0.05) is 8.27 Å². The Morgan fingerprint density at radius 2 is 1.14 bits per heavy atom. The molecule has 0 N–H and O–H groups in total. The summed E-state index contributed by atoms with van der Waals surface area (Å²) in [6.45, 7) is 4.25. The van der Waals surface area contributed by atoms with Crippen LogP contribution in [0.15, 0.2) is 60.7 Å². The van der Waals surface area contributed by atoms with Crippen LogP contribution >= 0.6 is 15.9 Å². The minimum atomic E-state index is -4.11. The summed E-state index contributed by atoms with van der Waals surface area (Å²) in [5.41, 5.74) is 0. The van der Waals surface area contributed by atoms with Gasteiger partial charge >= 0.3 is 5.92 Å². The van der Waals surface area contributed by atoms with Crippen LogP contribution in [0.4, 0.5) is 13.2 Å². The van der Waals surface area contributed by atoms with E-state index >= 15 is 0 Å². The first-order chi connectivity index (χ1) is 9.98. The van der Waals surface area contributed by atoms with E-state index in [4.69, 9.17) is 0 Å². The minimum absolute atomic E-state index is 0.773. The average molecular weight is 330 g/mol. The lowest BCUT2D eigenvalue weighted by atomic mass is 10.4. The van der Waals surface area contributed by atoms with Crippen molar-refractivity contribution >= 4 is 26.5 Å². The van der Waals surface area contributed by atoms with Gasteiger partial charge in [-0.1, -0.05) is 80.9 Å². The van der Waals surface area contributed by atoms with Crippen molar-refractivity contribution in [2.45, 2.75) is 26.2 Å². The van der Waals surface area contributed by atoms with Crippen LogP contribution in [-0.2, 0) is 0 Å². The van der Waals surface area contributed by atoms with E-state index in [0.29, 0.717) is 0 Å². The van der Waals surface area contributed by atoms with E-state index in [1.165, 1.54) is 6.42 Å². The van der Waals surface area contributed by atoms with Gasteiger partial charge in [0.05, 0.1) is 0 Å². The third kappa shape index (κ3) is 7.07. The lowest BCUT2D eigenvalue weighted by Gasteiger charge is -2.19. The number of hydrogen-bond donors (Lipinski definition) is 0. The maximum absolute atomic E-state index is 12.7. The first kappa shape index (κ1) is 18.1. The highest BCUT2D eigenvalue weighted by Crippen LogP contribution is 2.61. The third-order valence-corrected chi connectivity index (χ3v) is 7.35. The van der Waals surface area contributed by atoms with Gasteiger partial charge in [0.25, 0.3) is 0 Å². The lowest BCUT2D eigenvalue weighted by Crippen LogP contribution is -2.11. The highest BCUT2D eigenvalue weighted by Gasteiger charge is 2.33. The highest BCUT2D eigenvalue weighted by atomic mass is 32.0. The molecule has 0 saturated carbocycles. The van der Waals surface area contributed by atoms with E-state index in [-0.39, 0.29) is 0 Å². The minimum Gasteiger partial charge on any atom is -0.167 e. The van der Waals surface area contributed by atoms with E-state index < -0.39 is 21.8 Å². The van der Waals surface area contributed by atoms with E-state index in [1.54, 1.807) is 48.5 Å². The van der Waals surface area contributed by atoms with E-state index in [9.17, 15) is 13.2 Å². The zero-order chi connectivity index (χ0) is 15.7. The van der Waals surface area contributed by atoms with Gasteiger partial charge in [-0.05, 0) is 18.2 Å². The van der Waals surface area contributed by atoms with Crippen LogP contribution in [0.3, 0.4) is 0 Å². The Balaban J connectivity index is 0.000000677. The SMILES string of the molecule is CCC.FC(F)(F)PP(c1ccccc1)c1ccccc1. The summed E-state index contributed by atoms with van der Waals surface area (Å²) in [5, 5.41) is 1.55. The van der Waals surface area contributed by atoms with Crippen molar-refractivity contribution in [3.05, 3.63) is 60.7 Å². The molecule has 0 aliphatic rings. The summed E-state index contributed by atoms with van der Waals surface area (Å²) < 4.78 is 38.1. The lowest BCUT2D eigenvalue weighted by molar-refractivity contribution is -0.0351. The molecule has 0 aliphatic heterocycles. The molecule has 2 aromatic rings. The quantitative estimate of drug-likeness (QED) is 0.638. The van der Waals surface area contributed by atoms with Crippen molar-refractivity contribution in [3.63, 3.8) is 0 Å². The second kappa shape index (κ2) is 9.18. The molecule has 0 heterocycles. The normalized spacial score (nSPS) is 11.5. The number of alkyl halides is 3. The van der Waals surface area contributed by atoms with E-state index in [1.807, 2.05) is 12.1 Å². The Bertz CT molecular complexity index is 458. The molecule has 1 atom stereocenters. The van der Waals surface area contributed by atoms with Crippen LogP contribution in [0.2, 0.25) is 0 Å². The van der Waals surface area contributed by atoms with Gasteiger partial charge in [-0.15, -0.1) is 0 Å². The average Bonchev–Trinajstić information content (AvgIpc) is 2.47. The van der Waals surface area contributed by atoms with Crippen LogP contribution in [-0.4, -0.2) is 5.92 Å². The largest absolute Gasteiger partial charge is 0.406 e. The second-order valence-corrected chi connectivity index (χ2v) is 8.83. The zero-order valence-electron chi connectivity index (χ0n) is 12.1. The zero-order valence-corrected chi connectivity index (χ0v) is 14.0. The van der Waals surface area contributed by atoms with Crippen molar-refractivity contribution < 1.29 is 13.2 Å². The molecule has 0 amide bonds. The number of rotatable bonds is 3. The van der Waals surface area contributed by atoms with Crippen molar-refractivity contribution in [2.75, 3.05) is 0 Å². The smallest absolute Gasteiger partial charge is 0.167 e. The molecule has 0 aromatic heterocycles. The number of halogens is 3. The maximum atomic E-state index is 12.7. The maximum Gasteiger partial charge on any atom is 0.406 e. The Hall–Kier alpha value is -0.910. The number of benzene rings is 2. The molecule has 5 heteroatoms. The predicted octanol–water partition coefficient (Wildman–Crippen LogP) is 5.65. The number of hydrogen-bond acceptors (Lipinski definition) is 0. The van der Waals surface area contributed by atoms with E-state index in [0.717, 1.165) is 10.6 Å². The molecule has 0 nitrogen and oxygen atoms in total. The van der Waals surface area contributed by atoms with Crippen molar-refractivity contribution in [2.24, 2.45) is 0 Å². The Morgan fingerprint density at radius 3 is 1.43 bits per heavy atom. The molecule has 114 valence electrons. The molecule has 0 radical (unpaired) electrons. The van der Waals surface area contributed by atoms with Crippen LogP contribution in [0, 0.1) is 0 Å². The molecule has 21 heavy (non-hydrogen) atoms. The molecule has 0 aliphatic carbocycles. The predicted molar refractivity (Wildman–Crippen MR) is 89.4 cm³/mol. The van der Waals surface area contributed by atoms with Crippen LogP contribution in [0.1, 0.15) is 20.3 Å². The molecule has 0 fully saturated rings. The molecule has 2 rings (SSSR count). The highest BCUT2D eigenvalue weighted by molar-refractivity contribution is 8.28. The van der Waals surface area contributed by atoms with Gasteiger partial charge in [0.2, 0.25) is 0 Å². The summed E-state index contributed by atoms with van der Waals surface area (Å²) in [6, 6.07) is 17.9. The molecular weight excluding hydrogens is 311 g/mol. The Morgan fingerprint density at radius 1 is 0.810 bits per heavy atom. The summed E-state index contributed by atoms with van der Waals surface area (Å²) >= 11 is 0. The Kier molecular flexibility index (Phi) is 7.93. The summed E-state index contributed by atoms with van der Waals surface area (Å²) in [7, 11) is -2.38. The van der Waals surface area contributed by atoms with Crippen molar-refractivity contribution in [1.29, 1.82) is 0 Å². The van der Waals surface area contributed by atoms with Crippen LogP contribution in [0.25, 0.3) is 0 Å². The third-order valence-electron chi connectivity index (χ3n) is 2.27. The standard InChI is InChI=1S/C13H11F3P2.C3H8/c14-13(15,16)17-18(11-7-3-1-4-8-11)12-9-5-2-6-10-12;1-3-2/h1-10,17H;3H2,1-2H3. The molecule has 0 bridgehead atoms. The molecular formula is C16H19F3P2. The monoisotopic (exact) mass is 330 g/mol. The first-order valence-corrected chi connectivity index (χ1v) is 9.91. The van der Waals surface area contributed by atoms with E-state index in [2.05, 4.69) is 13.8 Å². The molecule has 0 spiro atoms. The van der Waals surface area contributed by atoms with Gasteiger partial charge in [0.15, 0.2) is 0 Å². The van der Waals surface area contributed by atoms with Crippen molar-refractivity contribution in [1.82, 2.24) is 0 Å². The Labute approximate surface area is 127 Å². The fourth-order valence-electron chi connectivity index (χ4n) is 1.56. The van der Waals surface area contributed by atoms with Gasteiger partial charge in [-0.25, -0.2) is 0 Å². The second-order valence-electron chi connectivity index (χ2n) is 4.32. The first-order valence-electron chi connectivity index (χ1n) is 6.72. The van der Waals surface area contributed by atoms with Crippen LogP contribution < -0.4 is 10.6 Å². The fourth-order valence-corrected chi connectivity index (χ4v) is 5.74. The van der Waals surface area contributed by atoms with Crippen molar-refractivity contribution in [3.8, 4) is 0 Å². The van der Waals surface area contributed by atoms with Gasteiger partial charge < -0.3 is 0 Å².